The van der Waals surface area contributed by atoms with Crippen LogP contribution in [-0.4, -0.2) is 21.6 Å². The maximum atomic E-state index is 12.6. The molecule has 0 bridgehead atoms. The number of allylic oxidation sites excluding steroid dienone is 3. The van der Waals surface area contributed by atoms with E-state index in [-0.39, 0.29) is 7.33 Å². The number of nitrogens with zero attached hydrogens (tertiary/aromatic N) is 3. The molecule has 0 spiro atoms. The molecule has 2 aliphatic carbocycles. The number of anilines is 1. The topological polar surface area (TPSA) is 79.3 Å². The van der Waals surface area contributed by atoms with E-state index in [0.717, 1.165) is 44.6 Å². The SMILES string of the molecule is CC(C)=NNc1nccc2nc(-c3ccc(CNC(=O)CC4=CC=CC5CC45)cc3)c(-c3ccccc3)cc12.[HH]. The number of hydrazone groups is 1. The molecule has 2 unspecified atom stereocenters. The largest absolute Gasteiger partial charge is 0.352 e. The molecule has 2 aromatic carbocycles. The van der Waals surface area contributed by atoms with Crippen LogP contribution in [0.1, 0.15) is 33.7 Å². The van der Waals surface area contributed by atoms with Gasteiger partial charge in [-0.2, -0.15) is 5.10 Å². The maximum absolute atomic E-state index is 12.6. The van der Waals surface area contributed by atoms with E-state index in [1.807, 2.05) is 38.1 Å². The summed E-state index contributed by atoms with van der Waals surface area (Å²) >= 11 is 0. The van der Waals surface area contributed by atoms with Crippen LogP contribution in [0.15, 0.2) is 102 Å². The first kappa shape index (κ1) is 24.7. The number of carbonyl (C=O) groups is 1. The monoisotopic (exact) mass is 515 g/mol. The minimum Gasteiger partial charge on any atom is -0.352 e. The standard InChI is InChI=1S/C33H31N5O.H2/c1-21(2)37-38-33-29-19-28(23-7-4-3-5-8-23)32(36-30(29)15-16-34-33)24-13-11-22(12-14-24)20-35-31(39)18-26-10-6-9-25-17-27(25)26;/h3-16,19,25,27H,17-18,20H2,1-2H3,(H,34,38)(H,35,39);1H. The minimum absolute atomic E-state index is 0. The van der Waals surface area contributed by atoms with E-state index >= 15 is 0 Å². The third-order valence-electron chi connectivity index (χ3n) is 7.28. The Hall–Kier alpha value is -4.58. The van der Waals surface area contributed by atoms with Gasteiger partial charge in [0.2, 0.25) is 5.91 Å². The Kier molecular flexibility index (Phi) is 6.76. The molecule has 2 N–H and O–H groups in total. The van der Waals surface area contributed by atoms with Crippen LogP contribution in [0.4, 0.5) is 5.82 Å². The quantitative estimate of drug-likeness (QED) is 0.193. The van der Waals surface area contributed by atoms with Crippen molar-refractivity contribution in [1.29, 1.82) is 0 Å². The summed E-state index contributed by atoms with van der Waals surface area (Å²) in [6, 6.07) is 22.6. The summed E-state index contributed by atoms with van der Waals surface area (Å²) in [5.74, 6) is 1.99. The van der Waals surface area contributed by atoms with Crippen LogP contribution < -0.4 is 10.7 Å². The Labute approximate surface area is 230 Å². The van der Waals surface area contributed by atoms with Gasteiger partial charge in [0.05, 0.1) is 11.2 Å². The fourth-order valence-electron chi connectivity index (χ4n) is 5.13. The van der Waals surface area contributed by atoms with Crippen LogP contribution in [0.5, 0.6) is 0 Å². The molecule has 0 aliphatic heterocycles. The van der Waals surface area contributed by atoms with Gasteiger partial charge in [-0.25, -0.2) is 9.97 Å². The Bertz CT molecular complexity index is 1620. The molecular weight excluding hydrogens is 482 g/mol. The lowest BCUT2D eigenvalue weighted by atomic mass is 9.97. The molecular formula is C33H33N5O. The average molecular weight is 516 g/mol. The lowest BCUT2D eigenvalue weighted by Crippen LogP contribution is -2.23. The summed E-state index contributed by atoms with van der Waals surface area (Å²) in [7, 11) is 0. The number of hydrogen-bond acceptors (Lipinski definition) is 5. The molecule has 39 heavy (non-hydrogen) atoms. The molecule has 2 atom stereocenters. The molecule has 4 aromatic rings. The van der Waals surface area contributed by atoms with Crippen LogP contribution in [0, 0.1) is 11.8 Å². The van der Waals surface area contributed by atoms with Gasteiger partial charge in [-0.05, 0) is 55.4 Å². The Morgan fingerprint density at radius 3 is 2.67 bits per heavy atom. The minimum atomic E-state index is 0. The molecule has 1 saturated carbocycles. The Balaban J connectivity index is 0.00000323. The highest BCUT2D eigenvalue weighted by Gasteiger charge is 2.39. The molecule has 0 radical (unpaired) electrons. The fraction of sp³-hybridized carbons (Fsp3) is 0.212. The molecule has 1 fully saturated rings. The molecule has 6 heteroatoms. The van der Waals surface area contributed by atoms with E-state index in [9.17, 15) is 4.79 Å². The molecule has 0 saturated heterocycles. The zero-order valence-electron chi connectivity index (χ0n) is 22.2. The highest BCUT2D eigenvalue weighted by molar-refractivity contribution is 5.97. The van der Waals surface area contributed by atoms with Crippen molar-refractivity contribution in [2.45, 2.75) is 33.2 Å². The summed E-state index contributed by atoms with van der Waals surface area (Å²) in [6.45, 7) is 4.38. The number of amides is 1. The predicted molar refractivity (Wildman–Crippen MR) is 160 cm³/mol. The van der Waals surface area contributed by atoms with Gasteiger partial charge in [-0.3, -0.25) is 10.2 Å². The zero-order valence-corrected chi connectivity index (χ0v) is 22.2. The first-order valence-corrected chi connectivity index (χ1v) is 13.4. The lowest BCUT2D eigenvalue weighted by molar-refractivity contribution is -0.120. The van der Waals surface area contributed by atoms with Crippen molar-refractivity contribution in [2.75, 3.05) is 5.43 Å². The second-order valence-corrected chi connectivity index (χ2v) is 10.4. The number of benzene rings is 2. The number of pyridine rings is 2. The van der Waals surface area contributed by atoms with Gasteiger partial charge in [0.15, 0.2) is 5.82 Å². The summed E-state index contributed by atoms with van der Waals surface area (Å²) in [5, 5.41) is 8.34. The number of hydrogen-bond donors (Lipinski definition) is 2. The lowest BCUT2D eigenvalue weighted by Gasteiger charge is -2.14. The normalized spacial score (nSPS) is 17.2. The number of carbonyl (C=O) groups excluding carboxylic acids is 1. The van der Waals surface area contributed by atoms with E-state index < -0.39 is 0 Å². The van der Waals surface area contributed by atoms with Gasteiger partial charge in [-0.1, -0.05) is 78.4 Å². The Morgan fingerprint density at radius 1 is 1.05 bits per heavy atom. The third-order valence-corrected chi connectivity index (χ3v) is 7.28. The van der Waals surface area contributed by atoms with E-state index in [1.54, 1.807) is 6.20 Å². The molecule has 196 valence electrons. The van der Waals surface area contributed by atoms with Crippen molar-refractivity contribution in [3.63, 3.8) is 0 Å². The van der Waals surface area contributed by atoms with E-state index in [4.69, 9.17) is 4.98 Å². The van der Waals surface area contributed by atoms with Gasteiger partial charge in [-0.15, -0.1) is 0 Å². The van der Waals surface area contributed by atoms with Crippen LogP contribution >= 0.6 is 0 Å². The fourth-order valence-corrected chi connectivity index (χ4v) is 5.13. The van der Waals surface area contributed by atoms with Crippen molar-refractivity contribution < 1.29 is 6.22 Å². The molecule has 6 rings (SSSR count). The molecule has 2 heterocycles. The number of rotatable bonds is 8. The number of aromatic nitrogens is 2. The number of nitrogens with one attached hydrogen (secondary N) is 2. The zero-order chi connectivity index (χ0) is 26.8. The third kappa shape index (κ3) is 5.50. The Morgan fingerprint density at radius 2 is 1.87 bits per heavy atom. The van der Waals surface area contributed by atoms with Crippen molar-refractivity contribution in [1.82, 2.24) is 15.3 Å². The summed E-state index contributed by atoms with van der Waals surface area (Å²) in [5.41, 5.74) is 11.2. The van der Waals surface area contributed by atoms with Gasteiger partial charge in [0.25, 0.3) is 0 Å². The predicted octanol–water partition coefficient (Wildman–Crippen LogP) is 7.16. The maximum Gasteiger partial charge on any atom is 0.224 e. The van der Waals surface area contributed by atoms with Crippen LogP contribution in [0.2, 0.25) is 0 Å². The smallest absolute Gasteiger partial charge is 0.224 e. The summed E-state index contributed by atoms with van der Waals surface area (Å²) in [6.07, 6.45) is 9.87. The van der Waals surface area contributed by atoms with Crippen LogP contribution in [-0.2, 0) is 11.3 Å². The highest BCUT2D eigenvalue weighted by Crippen LogP contribution is 2.48. The average Bonchev–Trinajstić information content (AvgIpc) is 3.76. The van der Waals surface area contributed by atoms with Gasteiger partial charge in [0.1, 0.15) is 0 Å². The van der Waals surface area contributed by atoms with Crippen molar-refractivity contribution >= 4 is 28.3 Å². The summed E-state index contributed by atoms with van der Waals surface area (Å²) in [4.78, 5) is 22.2. The van der Waals surface area contributed by atoms with Gasteiger partial charge in [0, 0.05) is 42.8 Å². The second-order valence-electron chi connectivity index (χ2n) is 10.4. The van der Waals surface area contributed by atoms with E-state index in [2.05, 4.69) is 81.5 Å². The molecule has 2 aromatic heterocycles. The summed E-state index contributed by atoms with van der Waals surface area (Å²) < 4.78 is 0. The molecule has 6 nitrogen and oxygen atoms in total. The van der Waals surface area contributed by atoms with E-state index in [1.165, 1.54) is 12.0 Å². The first-order valence-electron chi connectivity index (χ1n) is 13.4. The first-order chi connectivity index (χ1) is 19.0. The number of fused-ring (bicyclic) bond motifs is 2. The van der Waals surface area contributed by atoms with Crippen molar-refractivity contribution in [3.8, 4) is 22.4 Å². The highest BCUT2D eigenvalue weighted by atomic mass is 16.1. The van der Waals surface area contributed by atoms with Crippen molar-refractivity contribution in [3.05, 3.63) is 102 Å². The van der Waals surface area contributed by atoms with Crippen LogP contribution in [0.25, 0.3) is 33.3 Å². The van der Waals surface area contributed by atoms with Gasteiger partial charge >= 0.3 is 0 Å². The van der Waals surface area contributed by atoms with Gasteiger partial charge < -0.3 is 5.32 Å². The molecule has 2 aliphatic rings. The van der Waals surface area contributed by atoms with Crippen LogP contribution in [0.3, 0.4) is 0 Å². The van der Waals surface area contributed by atoms with E-state index in [0.29, 0.717) is 30.6 Å². The second kappa shape index (κ2) is 10.7. The molecule has 1 amide bonds. The van der Waals surface area contributed by atoms with Crippen molar-refractivity contribution in [2.24, 2.45) is 16.9 Å².